The fourth-order valence-electron chi connectivity index (χ4n) is 2.43. The van der Waals surface area contributed by atoms with Gasteiger partial charge in [-0.15, -0.1) is 6.42 Å². The molecule has 1 heteroatoms. The minimum Gasteiger partial charge on any atom is -0.369 e. The largest absolute Gasteiger partial charge is 0.369 e. The highest BCUT2D eigenvalue weighted by Crippen LogP contribution is 2.30. The van der Waals surface area contributed by atoms with Crippen LogP contribution >= 0.6 is 0 Å². The number of terminal acetylenes is 1. The third kappa shape index (κ3) is 1.97. The van der Waals surface area contributed by atoms with Gasteiger partial charge in [0.1, 0.15) is 0 Å². The van der Waals surface area contributed by atoms with Crippen molar-refractivity contribution >= 4 is 10.8 Å². The van der Waals surface area contributed by atoms with Gasteiger partial charge in [-0.2, -0.15) is 0 Å². The molecule has 0 saturated carbocycles. The predicted molar refractivity (Wildman–Crippen MR) is 82.2 cm³/mol. The van der Waals surface area contributed by atoms with Crippen LogP contribution in [0, 0.1) is 12.3 Å². The fourth-order valence-corrected chi connectivity index (χ4v) is 2.43. The van der Waals surface area contributed by atoms with Crippen molar-refractivity contribution in [3.05, 3.63) is 83.9 Å². The van der Waals surface area contributed by atoms with E-state index >= 15 is 0 Å². The Morgan fingerprint density at radius 2 is 1.40 bits per heavy atom. The van der Waals surface area contributed by atoms with Crippen LogP contribution in [0.1, 0.15) is 11.1 Å². The second-order valence-electron chi connectivity index (χ2n) is 4.78. The van der Waals surface area contributed by atoms with Crippen LogP contribution in [0.15, 0.2) is 72.8 Å². The molecule has 0 fully saturated rings. The molecule has 3 aromatic carbocycles. The summed E-state index contributed by atoms with van der Waals surface area (Å²) in [5, 5.41) is 13.1. The first kappa shape index (κ1) is 12.5. The van der Waals surface area contributed by atoms with Gasteiger partial charge in [0, 0.05) is 11.1 Å². The first-order valence-electron chi connectivity index (χ1n) is 6.49. The zero-order valence-electron chi connectivity index (χ0n) is 11.0. The molecule has 0 amide bonds. The molecule has 0 aliphatic heterocycles. The molecule has 1 N–H and O–H groups in total. The third-order valence-electron chi connectivity index (χ3n) is 3.57. The molecule has 3 rings (SSSR count). The van der Waals surface area contributed by atoms with Gasteiger partial charge in [0.05, 0.1) is 0 Å². The second-order valence-corrected chi connectivity index (χ2v) is 4.78. The summed E-state index contributed by atoms with van der Waals surface area (Å²) in [5.74, 6) is 2.53. The van der Waals surface area contributed by atoms with Gasteiger partial charge in [-0.1, -0.05) is 72.7 Å². The first-order valence-corrected chi connectivity index (χ1v) is 6.49. The van der Waals surface area contributed by atoms with Gasteiger partial charge in [-0.25, -0.2) is 0 Å². The summed E-state index contributed by atoms with van der Waals surface area (Å²) in [6.07, 6.45) is 5.62. The van der Waals surface area contributed by atoms with E-state index in [1.807, 2.05) is 72.8 Å². The van der Waals surface area contributed by atoms with Gasteiger partial charge >= 0.3 is 0 Å². The van der Waals surface area contributed by atoms with Crippen molar-refractivity contribution in [3.63, 3.8) is 0 Å². The Morgan fingerprint density at radius 1 is 0.750 bits per heavy atom. The molecule has 20 heavy (non-hydrogen) atoms. The maximum Gasteiger partial charge on any atom is 0.176 e. The monoisotopic (exact) mass is 258 g/mol. The van der Waals surface area contributed by atoms with Gasteiger partial charge in [-0.3, -0.25) is 0 Å². The quantitative estimate of drug-likeness (QED) is 0.695. The van der Waals surface area contributed by atoms with E-state index in [1.165, 1.54) is 0 Å². The second kappa shape index (κ2) is 4.85. The van der Waals surface area contributed by atoms with Crippen LogP contribution in [0.2, 0.25) is 0 Å². The average Bonchev–Trinajstić information content (AvgIpc) is 2.54. The molecule has 0 saturated heterocycles. The first-order chi connectivity index (χ1) is 9.74. The van der Waals surface area contributed by atoms with Crippen molar-refractivity contribution in [3.8, 4) is 12.3 Å². The highest BCUT2D eigenvalue weighted by Gasteiger charge is 2.28. The van der Waals surface area contributed by atoms with Gasteiger partial charge < -0.3 is 5.11 Å². The number of benzene rings is 3. The summed E-state index contributed by atoms with van der Waals surface area (Å²) < 4.78 is 0. The Balaban J connectivity index is 2.19. The molecule has 0 spiro atoms. The van der Waals surface area contributed by atoms with E-state index in [0.717, 1.165) is 10.8 Å². The van der Waals surface area contributed by atoms with E-state index < -0.39 is 5.60 Å². The zero-order chi connectivity index (χ0) is 14.0. The Labute approximate surface area is 118 Å². The number of rotatable bonds is 2. The molecular formula is C19H14O. The Hall–Kier alpha value is -2.56. The van der Waals surface area contributed by atoms with Crippen molar-refractivity contribution in [2.45, 2.75) is 5.60 Å². The molecule has 0 aliphatic rings. The highest BCUT2D eigenvalue weighted by molar-refractivity contribution is 5.83. The van der Waals surface area contributed by atoms with E-state index in [-0.39, 0.29) is 0 Å². The van der Waals surface area contributed by atoms with Crippen molar-refractivity contribution in [1.82, 2.24) is 0 Å². The lowest BCUT2D eigenvalue weighted by molar-refractivity contribution is 0.145. The maximum absolute atomic E-state index is 10.9. The van der Waals surface area contributed by atoms with Crippen LogP contribution in [0.4, 0.5) is 0 Å². The molecule has 0 aromatic heterocycles. The topological polar surface area (TPSA) is 20.2 Å². The molecule has 3 aromatic rings. The van der Waals surface area contributed by atoms with E-state index in [1.54, 1.807) is 0 Å². The smallest absolute Gasteiger partial charge is 0.176 e. The minimum atomic E-state index is -1.40. The van der Waals surface area contributed by atoms with Gasteiger partial charge in [0.15, 0.2) is 5.60 Å². The van der Waals surface area contributed by atoms with Crippen LogP contribution in [-0.2, 0) is 5.60 Å². The molecule has 0 aliphatic carbocycles. The van der Waals surface area contributed by atoms with Crippen LogP contribution in [0.5, 0.6) is 0 Å². The van der Waals surface area contributed by atoms with Crippen LogP contribution in [0.25, 0.3) is 10.8 Å². The third-order valence-corrected chi connectivity index (χ3v) is 3.57. The summed E-state index contributed by atoms with van der Waals surface area (Å²) >= 11 is 0. The molecule has 96 valence electrons. The van der Waals surface area contributed by atoms with Gasteiger partial charge in [-0.05, 0) is 16.8 Å². The molecule has 1 unspecified atom stereocenters. The van der Waals surface area contributed by atoms with Gasteiger partial charge in [0.25, 0.3) is 0 Å². The summed E-state index contributed by atoms with van der Waals surface area (Å²) in [4.78, 5) is 0. The normalized spacial score (nSPS) is 13.6. The van der Waals surface area contributed by atoms with Crippen LogP contribution < -0.4 is 0 Å². The molecule has 0 radical (unpaired) electrons. The number of aliphatic hydroxyl groups is 1. The van der Waals surface area contributed by atoms with E-state index in [0.29, 0.717) is 11.1 Å². The lowest BCUT2D eigenvalue weighted by atomic mass is 9.86. The number of hydrogen-bond acceptors (Lipinski definition) is 1. The average molecular weight is 258 g/mol. The summed E-state index contributed by atoms with van der Waals surface area (Å²) in [6.45, 7) is 0. The zero-order valence-corrected chi connectivity index (χ0v) is 11.0. The summed E-state index contributed by atoms with van der Waals surface area (Å²) in [7, 11) is 0. The van der Waals surface area contributed by atoms with Crippen LogP contribution in [0.3, 0.4) is 0 Å². The van der Waals surface area contributed by atoms with Crippen molar-refractivity contribution in [1.29, 1.82) is 0 Å². The SMILES string of the molecule is C#CC(O)(c1ccccc1)c1ccc2ccccc2c1. The van der Waals surface area contributed by atoms with E-state index in [4.69, 9.17) is 6.42 Å². The Morgan fingerprint density at radius 3 is 2.10 bits per heavy atom. The molecule has 0 bridgehead atoms. The summed E-state index contributed by atoms with van der Waals surface area (Å²) in [5.41, 5.74) is 0.0216. The van der Waals surface area contributed by atoms with Crippen molar-refractivity contribution < 1.29 is 5.11 Å². The Kier molecular flexibility index (Phi) is 3.02. The van der Waals surface area contributed by atoms with Crippen molar-refractivity contribution in [2.24, 2.45) is 0 Å². The molecular weight excluding hydrogens is 244 g/mol. The molecule has 1 atom stereocenters. The number of fused-ring (bicyclic) bond motifs is 1. The standard InChI is InChI=1S/C19H14O/c1-2-19(20,17-10-4-3-5-11-17)18-13-12-15-8-6-7-9-16(15)14-18/h1,3-14,20H. The van der Waals surface area contributed by atoms with Crippen molar-refractivity contribution in [2.75, 3.05) is 0 Å². The minimum absolute atomic E-state index is 0.706. The van der Waals surface area contributed by atoms with Crippen LogP contribution in [-0.4, -0.2) is 5.11 Å². The fraction of sp³-hybridized carbons (Fsp3) is 0.0526. The molecule has 1 nitrogen and oxygen atoms in total. The maximum atomic E-state index is 10.9. The van der Waals surface area contributed by atoms with E-state index in [9.17, 15) is 5.11 Å². The van der Waals surface area contributed by atoms with Gasteiger partial charge in [0.2, 0.25) is 0 Å². The number of hydrogen-bond donors (Lipinski definition) is 1. The molecule has 0 heterocycles. The lowest BCUT2D eigenvalue weighted by Crippen LogP contribution is -2.24. The Bertz CT molecular complexity index is 783. The highest BCUT2D eigenvalue weighted by atomic mass is 16.3. The summed E-state index contributed by atoms with van der Waals surface area (Å²) in [6, 6.07) is 23.2. The lowest BCUT2D eigenvalue weighted by Gasteiger charge is -2.23. The predicted octanol–water partition coefficient (Wildman–Crippen LogP) is 3.71. The van der Waals surface area contributed by atoms with E-state index in [2.05, 4.69) is 5.92 Å².